The number of aromatic nitrogens is 2. The number of hydrogen-bond acceptors (Lipinski definition) is 3. The van der Waals surface area contributed by atoms with Gasteiger partial charge in [0.2, 0.25) is 0 Å². The Morgan fingerprint density at radius 3 is 2.83 bits per heavy atom. The molecule has 0 fully saturated rings. The van der Waals surface area contributed by atoms with Gasteiger partial charge in [-0.3, -0.25) is 9.67 Å². The molecule has 1 aromatic carbocycles. The highest BCUT2D eigenvalue weighted by molar-refractivity contribution is 5.79. The van der Waals surface area contributed by atoms with Gasteiger partial charge < -0.3 is 15.4 Å². The van der Waals surface area contributed by atoms with Gasteiger partial charge in [-0.2, -0.15) is 5.10 Å². The number of benzene rings is 1. The molecule has 2 aromatic rings. The number of nitrogens with zero attached hydrogens (tertiary/aromatic N) is 3. The number of para-hydroxylation sites is 1. The molecule has 0 atom stereocenters. The van der Waals surface area contributed by atoms with E-state index in [1.165, 1.54) is 5.56 Å². The highest BCUT2D eigenvalue weighted by Crippen LogP contribution is 2.17. The standard InChI is InChI=1S/C18H27N5O/c1-4-24-17-9-6-5-8-16(17)13-21-18(19-3)20-10-7-11-23-14-15(2)12-22-23/h5-6,8-9,12,14H,4,7,10-11,13H2,1-3H3,(H2,19,20,21). The van der Waals surface area contributed by atoms with Gasteiger partial charge in [0.25, 0.3) is 0 Å². The van der Waals surface area contributed by atoms with Crippen LogP contribution in [0.2, 0.25) is 0 Å². The van der Waals surface area contributed by atoms with Gasteiger partial charge in [-0.25, -0.2) is 0 Å². The molecule has 0 unspecified atom stereocenters. The third kappa shape index (κ3) is 5.61. The number of ether oxygens (including phenoxy) is 1. The number of nitrogens with one attached hydrogen (secondary N) is 2. The lowest BCUT2D eigenvalue weighted by molar-refractivity contribution is 0.336. The first-order chi connectivity index (χ1) is 11.7. The van der Waals surface area contributed by atoms with Crippen LogP contribution >= 0.6 is 0 Å². The predicted molar refractivity (Wildman–Crippen MR) is 97.4 cm³/mol. The zero-order valence-corrected chi connectivity index (χ0v) is 14.7. The third-order valence-electron chi connectivity index (χ3n) is 3.56. The first kappa shape index (κ1) is 17.8. The summed E-state index contributed by atoms with van der Waals surface area (Å²) in [6, 6.07) is 8.05. The summed E-state index contributed by atoms with van der Waals surface area (Å²) in [6.07, 6.45) is 4.92. The Bertz CT molecular complexity index is 650. The van der Waals surface area contributed by atoms with Crippen LogP contribution in [0, 0.1) is 6.92 Å². The van der Waals surface area contributed by atoms with E-state index >= 15 is 0 Å². The van der Waals surface area contributed by atoms with E-state index < -0.39 is 0 Å². The van der Waals surface area contributed by atoms with Gasteiger partial charge in [-0.15, -0.1) is 0 Å². The van der Waals surface area contributed by atoms with Gasteiger partial charge in [-0.05, 0) is 31.9 Å². The Morgan fingerprint density at radius 1 is 1.29 bits per heavy atom. The van der Waals surface area contributed by atoms with Crippen LogP contribution in [0.3, 0.4) is 0 Å². The normalized spacial score (nSPS) is 11.4. The monoisotopic (exact) mass is 329 g/mol. The Morgan fingerprint density at radius 2 is 2.12 bits per heavy atom. The minimum absolute atomic E-state index is 0.664. The summed E-state index contributed by atoms with van der Waals surface area (Å²) in [6.45, 7) is 7.11. The van der Waals surface area contributed by atoms with Gasteiger partial charge >= 0.3 is 0 Å². The van der Waals surface area contributed by atoms with Crippen molar-refractivity contribution in [2.24, 2.45) is 4.99 Å². The number of rotatable bonds is 8. The Balaban J connectivity index is 1.74. The molecule has 0 aliphatic heterocycles. The van der Waals surface area contributed by atoms with E-state index in [1.807, 2.05) is 42.9 Å². The van der Waals surface area contributed by atoms with Gasteiger partial charge in [-0.1, -0.05) is 18.2 Å². The van der Waals surface area contributed by atoms with Crippen molar-refractivity contribution >= 4 is 5.96 Å². The fraction of sp³-hybridized carbons (Fsp3) is 0.444. The number of hydrogen-bond donors (Lipinski definition) is 2. The van der Waals surface area contributed by atoms with Gasteiger partial charge in [0.15, 0.2) is 5.96 Å². The molecule has 0 aliphatic rings. The summed E-state index contributed by atoms with van der Waals surface area (Å²) in [5, 5.41) is 10.9. The maximum Gasteiger partial charge on any atom is 0.191 e. The van der Waals surface area contributed by atoms with Crippen LogP contribution in [0.5, 0.6) is 5.75 Å². The molecule has 0 bridgehead atoms. The first-order valence-corrected chi connectivity index (χ1v) is 8.37. The summed E-state index contributed by atoms with van der Waals surface area (Å²) in [5.41, 5.74) is 2.31. The SMILES string of the molecule is CCOc1ccccc1CNC(=NC)NCCCn1cc(C)cn1. The predicted octanol–water partition coefficient (Wildman–Crippen LogP) is 2.35. The maximum atomic E-state index is 5.64. The second kappa shape index (κ2) is 9.60. The van der Waals surface area contributed by atoms with Crippen LogP contribution < -0.4 is 15.4 Å². The first-order valence-electron chi connectivity index (χ1n) is 8.37. The molecule has 0 aliphatic carbocycles. The second-order valence-electron chi connectivity index (χ2n) is 5.53. The van der Waals surface area contributed by atoms with Crippen molar-refractivity contribution < 1.29 is 4.74 Å². The third-order valence-corrected chi connectivity index (χ3v) is 3.56. The van der Waals surface area contributed by atoms with E-state index in [-0.39, 0.29) is 0 Å². The highest BCUT2D eigenvalue weighted by Gasteiger charge is 2.04. The number of aliphatic imine (C=N–C) groups is 1. The lowest BCUT2D eigenvalue weighted by atomic mass is 10.2. The smallest absolute Gasteiger partial charge is 0.191 e. The van der Waals surface area contributed by atoms with Crippen LogP contribution in [-0.4, -0.2) is 35.9 Å². The minimum Gasteiger partial charge on any atom is -0.494 e. The van der Waals surface area contributed by atoms with Gasteiger partial charge in [0, 0.05) is 38.4 Å². The van der Waals surface area contributed by atoms with Crippen LogP contribution in [-0.2, 0) is 13.1 Å². The average molecular weight is 329 g/mol. The molecule has 130 valence electrons. The van der Waals surface area contributed by atoms with Crippen LogP contribution in [0.1, 0.15) is 24.5 Å². The zero-order chi connectivity index (χ0) is 17.2. The summed E-state index contributed by atoms with van der Waals surface area (Å²) in [4.78, 5) is 4.26. The van der Waals surface area contributed by atoms with E-state index in [0.717, 1.165) is 36.8 Å². The topological polar surface area (TPSA) is 63.5 Å². The molecule has 0 saturated heterocycles. The molecule has 6 heteroatoms. The van der Waals surface area contributed by atoms with Crippen LogP contribution in [0.4, 0.5) is 0 Å². The number of aryl methyl sites for hydroxylation is 2. The lowest BCUT2D eigenvalue weighted by Crippen LogP contribution is -2.37. The molecule has 6 nitrogen and oxygen atoms in total. The number of guanidine groups is 1. The fourth-order valence-electron chi connectivity index (χ4n) is 2.38. The quantitative estimate of drug-likeness (QED) is 0.443. The lowest BCUT2D eigenvalue weighted by Gasteiger charge is -2.14. The van der Waals surface area contributed by atoms with E-state index in [9.17, 15) is 0 Å². The zero-order valence-electron chi connectivity index (χ0n) is 14.7. The van der Waals surface area contributed by atoms with E-state index in [1.54, 1.807) is 7.05 Å². The Kier molecular flexibility index (Phi) is 7.14. The Labute approximate surface area is 143 Å². The average Bonchev–Trinajstić information content (AvgIpc) is 3.01. The molecular weight excluding hydrogens is 302 g/mol. The molecule has 24 heavy (non-hydrogen) atoms. The maximum absolute atomic E-state index is 5.64. The van der Waals surface area contributed by atoms with Crippen LogP contribution in [0.15, 0.2) is 41.7 Å². The molecule has 0 amide bonds. The molecule has 1 aromatic heterocycles. The van der Waals surface area contributed by atoms with Crippen molar-refractivity contribution in [1.29, 1.82) is 0 Å². The van der Waals surface area contributed by atoms with Gasteiger partial charge in [0.1, 0.15) is 5.75 Å². The molecule has 2 rings (SSSR count). The van der Waals surface area contributed by atoms with Gasteiger partial charge in [0.05, 0.1) is 12.8 Å². The second-order valence-corrected chi connectivity index (χ2v) is 5.53. The molecule has 0 saturated carbocycles. The van der Waals surface area contributed by atoms with Crippen molar-refractivity contribution in [3.05, 3.63) is 47.8 Å². The largest absolute Gasteiger partial charge is 0.494 e. The summed E-state index contributed by atoms with van der Waals surface area (Å²) in [5.74, 6) is 1.70. The fourth-order valence-corrected chi connectivity index (χ4v) is 2.38. The Hall–Kier alpha value is -2.50. The van der Waals surface area contributed by atoms with Crippen molar-refractivity contribution in [3.8, 4) is 5.75 Å². The highest BCUT2D eigenvalue weighted by atomic mass is 16.5. The molecule has 1 heterocycles. The summed E-state index contributed by atoms with van der Waals surface area (Å²) < 4.78 is 7.61. The summed E-state index contributed by atoms with van der Waals surface area (Å²) >= 11 is 0. The molecular formula is C18H27N5O. The summed E-state index contributed by atoms with van der Waals surface area (Å²) in [7, 11) is 1.78. The molecule has 2 N–H and O–H groups in total. The van der Waals surface area contributed by atoms with Crippen molar-refractivity contribution in [3.63, 3.8) is 0 Å². The van der Waals surface area contributed by atoms with Crippen LogP contribution in [0.25, 0.3) is 0 Å². The van der Waals surface area contributed by atoms with Crippen molar-refractivity contribution in [2.45, 2.75) is 33.4 Å². The van der Waals surface area contributed by atoms with E-state index in [2.05, 4.69) is 33.0 Å². The van der Waals surface area contributed by atoms with Crippen molar-refractivity contribution in [2.75, 3.05) is 20.2 Å². The molecule has 0 radical (unpaired) electrons. The molecule has 0 spiro atoms. The van der Waals surface area contributed by atoms with E-state index in [4.69, 9.17) is 4.74 Å². The van der Waals surface area contributed by atoms with Crippen molar-refractivity contribution in [1.82, 2.24) is 20.4 Å². The minimum atomic E-state index is 0.664. The van der Waals surface area contributed by atoms with E-state index in [0.29, 0.717) is 13.2 Å².